The second-order valence-electron chi connectivity index (χ2n) is 3.50. The lowest BCUT2D eigenvalue weighted by molar-refractivity contribution is -0.109. The zero-order chi connectivity index (χ0) is 11.5. The predicted molar refractivity (Wildman–Crippen MR) is 61.4 cm³/mol. The minimum Gasteiger partial charge on any atom is -0.467 e. The number of hydrogen-bond acceptors (Lipinski definition) is 2. The molecule has 0 bridgehead atoms. The van der Waals surface area contributed by atoms with E-state index in [1.807, 2.05) is 0 Å². The van der Waals surface area contributed by atoms with Crippen LogP contribution in [0.4, 0.5) is 0 Å². The molecule has 0 saturated carbocycles. The Hall–Kier alpha value is -1.25. The van der Waals surface area contributed by atoms with E-state index in [0.717, 1.165) is 11.7 Å². The van der Waals surface area contributed by atoms with E-state index in [0.29, 0.717) is 13.0 Å². The van der Waals surface area contributed by atoms with E-state index < -0.39 is 0 Å². The van der Waals surface area contributed by atoms with Crippen LogP contribution in [0.1, 0.15) is 39.4 Å². The molecule has 15 heavy (non-hydrogen) atoms. The van der Waals surface area contributed by atoms with Crippen LogP contribution in [0.15, 0.2) is 22.8 Å². The summed E-state index contributed by atoms with van der Waals surface area (Å²) in [6.07, 6.45) is 4.87. The third-order valence-corrected chi connectivity index (χ3v) is 2.33. The maximum absolute atomic E-state index is 9.75. The summed E-state index contributed by atoms with van der Waals surface area (Å²) < 4.78 is 4.91. The van der Waals surface area contributed by atoms with E-state index >= 15 is 0 Å². The summed E-state index contributed by atoms with van der Waals surface area (Å²) in [5.41, 5.74) is 0. The van der Waals surface area contributed by atoms with Gasteiger partial charge in [-0.1, -0.05) is 33.6 Å². The second-order valence-corrected chi connectivity index (χ2v) is 3.50. The Morgan fingerprint density at radius 1 is 1.47 bits per heavy atom. The summed E-state index contributed by atoms with van der Waals surface area (Å²) in [6.45, 7) is 7.21. The molecule has 1 heterocycles. The molecule has 1 N–H and O–H groups in total. The molecule has 1 aromatic heterocycles. The van der Waals surface area contributed by atoms with Crippen molar-refractivity contribution < 1.29 is 9.21 Å². The SMILES string of the molecule is CCC(C)CC.O=CNCc1ccco1. The predicted octanol–water partition coefficient (Wildman–Crippen LogP) is 2.97. The minimum atomic E-state index is 0.469. The third-order valence-electron chi connectivity index (χ3n) is 2.33. The van der Waals surface area contributed by atoms with Gasteiger partial charge >= 0.3 is 0 Å². The zero-order valence-electron chi connectivity index (χ0n) is 9.82. The highest BCUT2D eigenvalue weighted by Gasteiger charge is 1.90. The molecule has 86 valence electrons. The van der Waals surface area contributed by atoms with E-state index in [-0.39, 0.29) is 0 Å². The zero-order valence-corrected chi connectivity index (χ0v) is 9.82. The van der Waals surface area contributed by atoms with Crippen molar-refractivity contribution in [3.63, 3.8) is 0 Å². The molecule has 0 unspecified atom stereocenters. The van der Waals surface area contributed by atoms with Crippen LogP contribution in [0.5, 0.6) is 0 Å². The summed E-state index contributed by atoms with van der Waals surface area (Å²) in [4.78, 5) is 9.75. The first-order valence-electron chi connectivity index (χ1n) is 5.43. The maximum Gasteiger partial charge on any atom is 0.207 e. The quantitative estimate of drug-likeness (QED) is 0.761. The monoisotopic (exact) mass is 211 g/mol. The van der Waals surface area contributed by atoms with E-state index in [1.165, 1.54) is 12.8 Å². The van der Waals surface area contributed by atoms with E-state index in [4.69, 9.17) is 4.42 Å². The molecule has 0 fully saturated rings. The van der Waals surface area contributed by atoms with Crippen LogP contribution < -0.4 is 5.32 Å². The number of hydrogen-bond donors (Lipinski definition) is 1. The van der Waals surface area contributed by atoms with Gasteiger partial charge in [0, 0.05) is 0 Å². The molecule has 3 heteroatoms. The van der Waals surface area contributed by atoms with Gasteiger partial charge < -0.3 is 9.73 Å². The maximum atomic E-state index is 9.75. The topological polar surface area (TPSA) is 42.2 Å². The van der Waals surface area contributed by atoms with E-state index in [9.17, 15) is 4.79 Å². The molecule has 0 aliphatic rings. The Labute approximate surface area is 91.9 Å². The van der Waals surface area contributed by atoms with Crippen LogP contribution >= 0.6 is 0 Å². The number of rotatable bonds is 5. The Balaban J connectivity index is 0.000000288. The molecule has 0 radical (unpaired) electrons. The van der Waals surface area contributed by atoms with Crippen LogP contribution in [0, 0.1) is 5.92 Å². The summed E-state index contributed by atoms with van der Waals surface area (Å²) >= 11 is 0. The molecule has 1 aromatic rings. The molecule has 0 aromatic carbocycles. The molecule has 0 aliphatic heterocycles. The van der Waals surface area contributed by atoms with Crippen LogP contribution in [-0.4, -0.2) is 6.41 Å². The molecular formula is C12H21NO2. The largest absolute Gasteiger partial charge is 0.467 e. The molecular weight excluding hydrogens is 190 g/mol. The van der Waals surface area contributed by atoms with Crippen molar-refractivity contribution in [2.45, 2.75) is 40.2 Å². The Morgan fingerprint density at radius 3 is 2.47 bits per heavy atom. The van der Waals surface area contributed by atoms with Crippen molar-refractivity contribution >= 4 is 6.41 Å². The summed E-state index contributed by atoms with van der Waals surface area (Å²) in [5.74, 6) is 1.70. The Bertz CT molecular complexity index is 228. The Kier molecular flexibility index (Phi) is 8.53. The van der Waals surface area contributed by atoms with Gasteiger partial charge in [0.15, 0.2) is 0 Å². The van der Waals surface area contributed by atoms with Crippen LogP contribution in [-0.2, 0) is 11.3 Å². The highest BCUT2D eigenvalue weighted by Crippen LogP contribution is 2.02. The van der Waals surface area contributed by atoms with Crippen molar-refractivity contribution in [1.82, 2.24) is 5.32 Å². The fraction of sp³-hybridized carbons (Fsp3) is 0.583. The average Bonchev–Trinajstić information content (AvgIpc) is 2.79. The van der Waals surface area contributed by atoms with Gasteiger partial charge in [-0.3, -0.25) is 4.79 Å². The van der Waals surface area contributed by atoms with Crippen LogP contribution in [0.3, 0.4) is 0 Å². The lowest BCUT2D eigenvalue weighted by Gasteiger charge is -1.98. The van der Waals surface area contributed by atoms with Gasteiger partial charge in [0.1, 0.15) is 5.76 Å². The highest BCUT2D eigenvalue weighted by atomic mass is 16.3. The minimum absolute atomic E-state index is 0.469. The average molecular weight is 211 g/mol. The molecule has 1 rings (SSSR count). The van der Waals surface area contributed by atoms with Gasteiger partial charge in [0.05, 0.1) is 12.8 Å². The standard InChI is InChI=1S/C6H7NO2.C6H14/c8-5-7-4-6-2-1-3-9-6;1-4-6(3)5-2/h1-3,5H,4H2,(H,7,8);6H,4-5H2,1-3H3. The van der Waals surface area contributed by atoms with E-state index in [2.05, 4.69) is 26.1 Å². The first-order valence-corrected chi connectivity index (χ1v) is 5.43. The van der Waals surface area contributed by atoms with Crippen molar-refractivity contribution in [2.24, 2.45) is 5.92 Å². The molecule has 1 amide bonds. The summed E-state index contributed by atoms with van der Waals surface area (Å²) in [6, 6.07) is 3.58. The summed E-state index contributed by atoms with van der Waals surface area (Å²) in [7, 11) is 0. The van der Waals surface area contributed by atoms with Gasteiger partial charge in [-0.25, -0.2) is 0 Å². The van der Waals surface area contributed by atoms with Gasteiger partial charge in [-0.15, -0.1) is 0 Å². The highest BCUT2D eigenvalue weighted by molar-refractivity contribution is 5.45. The van der Waals surface area contributed by atoms with Gasteiger partial charge in [0.2, 0.25) is 6.41 Å². The number of furan rings is 1. The number of nitrogens with one attached hydrogen (secondary N) is 1. The normalized spacial score (nSPS) is 9.33. The molecule has 0 spiro atoms. The lowest BCUT2D eigenvalue weighted by atomic mass is 10.1. The number of carbonyl (C=O) groups excluding carboxylic acids is 1. The molecule has 0 atom stereocenters. The van der Waals surface area contributed by atoms with Gasteiger partial charge in [0.25, 0.3) is 0 Å². The van der Waals surface area contributed by atoms with Crippen molar-refractivity contribution in [3.05, 3.63) is 24.2 Å². The molecule has 0 aliphatic carbocycles. The van der Waals surface area contributed by atoms with E-state index in [1.54, 1.807) is 18.4 Å². The fourth-order valence-electron chi connectivity index (χ4n) is 0.844. The van der Waals surface area contributed by atoms with Crippen molar-refractivity contribution in [2.75, 3.05) is 0 Å². The number of amides is 1. The summed E-state index contributed by atoms with van der Waals surface area (Å²) in [5, 5.41) is 2.48. The van der Waals surface area contributed by atoms with Crippen LogP contribution in [0.2, 0.25) is 0 Å². The number of carbonyl (C=O) groups is 1. The third kappa shape index (κ3) is 7.79. The smallest absolute Gasteiger partial charge is 0.207 e. The van der Waals surface area contributed by atoms with Crippen LogP contribution in [0.25, 0.3) is 0 Å². The fourth-order valence-corrected chi connectivity index (χ4v) is 0.844. The lowest BCUT2D eigenvalue weighted by Crippen LogP contribution is -2.08. The van der Waals surface area contributed by atoms with Crippen molar-refractivity contribution in [3.8, 4) is 0 Å². The second kappa shape index (κ2) is 9.31. The first-order chi connectivity index (χ1) is 7.24. The van der Waals surface area contributed by atoms with Gasteiger partial charge in [-0.2, -0.15) is 0 Å². The van der Waals surface area contributed by atoms with Crippen molar-refractivity contribution in [1.29, 1.82) is 0 Å². The molecule has 3 nitrogen and oxygen atoms in total. The Morgan fingerprint density at radius 2 is 2.13 bits per heavy atom. The molecule has 0 saturated heterocycles. The van der Waals surface area contributed by atoms with Gasteiger partial charge in [-0.05, 0) is 18.1 Å². The first kappa shape index (κ1) is 13.8.